The van der Waals surface area contributed by atoms with E-state index in [2.05, 4.69) is 5.32 Å². The van der Waals surface area contributed by atoms with Gasteiger partial charge in [-0.25, -0.2) is 0 Å². The van der Waals surface area contributed by atoms with Crippen molar-refractivity contribution in [1.82, 2.24) is 0 Å². The Kier molecular flexibility index (Phi) is 5.28. The van der Waals surface area contributed by atoms with Gasteiger partial charge in [-0.05, 0) is 18.9 Å². The van der Waals surface area contributed by atoms with Crippen molar-refractivity contribution >= 4 is 11.4 Å². The molecule has 5 heteroatoms. The number of unbranched alkanes of at least 4 members (excludes halogenated alkanes) is 1. The van der Waals surface area contributed by atoms with E-state index < -0.39 is 0 Å². The summed E-state index contributed by atoms with van der Waals surface area (Å²) >= 11 is 0. The highest BCUT2D eigenvalue weighted by Crippen LogP contribution is 2.22. The molecule has 0 saturated heterocycles. The molecular formula is C11H16N2O3. The number of anilines is 1. The van der Waals surface area contributed by atoms with E-state index in [0.29, 0.717) is 12.2 Å². The van der Waals surface area contributed by atoms with Gasteiger partial charge in [0.05, 0.1) is 4.92 Å². The third kappa shape index (κ3) is 3.86. The van der Waals surface area contributed by atoms with Crippen LogP contribution >= 0.6 is 0 Å². The molecule has 0 aliphatic carbocycles. The Morgan fingerprint density at radius 2 is 2.12 bits per heavy atom. The summed E-state index contributed by atoms with van der Waals surface area (Å²) in [5.74, 6) is 0. The van der Waals surface area contributed by atoms with E-state index in [1.54, 1.807) is 25.3 Å². The lowest BCUT2D eigenvalue weighted by Crippen LogP contribution is -2.05. The van der Waals surface area contributed by atoms with E-state index in [9.17, 15) is 10.1 Å². The predicted molar refractivity (Wildman–Crippen MR) is 62.7 cm³/mol. The molecule has 0 fully saturated rings. The lowest BCUT2D eigenvalue weighted by atomic mass is 10.2. The molecule has 0 unspecified atom stereocenters. The fourth-order valence-electron chi connectivity index (χ4n) is 1.38. The van der Waals surface area contributed by atoms with Crippen LogP contribution in [0.5, 0.6) is 0 Å². The zero-order chi connectivity index (χ0) is 11.8. The largest absolute Gasteiger partial charge is 0.385 e. The Morgan fingerprint density at radius 1 is 1.38 bits per heavy atom. The average molecular weight is 224 g/mol. The van der Waals surface area contributed by atoms with Gasteiger partial charge in [-0.1, -0.05) is 12.1 Å². The molecule has 1 aromatic rings. The van der Waals surface area contributed by atoms with Crippen molar-refractivity contribution in [2.45, 2.75) is 12.8 Å². The molecular weight excluding hydrogens is 208 g/mol. The molecule has 0 atom stereocenters. The fourth-order valence-corrected chi connectivity index (χ4v) is 1.38. The number of nitrogens with zero attached hydrogens (tertiary/aromatic N) is 1. The van der Waals surface area contributed by atoms with Gasteiger partial charge in [0.1, 0.15) is 5.69 Å². The molecule has 88 valence electrons. The maximum Gasteiger partial charge on any atom is 0.292 e. The summed E-state index contributed by atoms with van der Waals surface area (Å²) in [5, 5.41) is 13.8. The number of nitrogens with one attached hydrogen (secondary N) is 1. The topological polar surface area (TPSA) is 64.4 Å². The van der Waals surface area contributed by atoms with Crippen LogP contribution < -0.4 is 5.32 Å². The molecule has 16 heavy (non-hydrogen) atoms. The smallest absolute Gasteiger partial charge is 0.292 e. The van der Waals surface area contributed by atoms with Crippen molar-refractivity contribution < 1.29 is 9.66 Å². The Balaban J connectivity index is 2.44. The number of nitro groups is 1. The molecule has 0 radical (unpaired) electrons. The lowest BCUT2D eigenvalue weighted by Gasteiger charge is -2.06. The molecule has 0 spiro atoms. The standard InChI is InChI=1S/C11H16N2O3/c1-16-9-5-4-8-12-10-6-2-3-7-11(10)13(14)15/h2-3,6-7,12H,4-5,8-9H2,1H3. The van der Waals surface area contributed by atoms with Gasteiger partial charge in [-0.2, -0.15) is 0 Å². The molecule has 5 nitrogen and oxygen atoms in total. The Hall–Kier alpha value is -1.62. The van der Waals surface area contributed by atoms with Crippen LogP contribution in [-0.4, -0.2) is 25.2 Å². The first-order chi connectivity index (χ1) is 7.75. The Labute approximate surface area is 94.6 Å². The summed E-state index contributed by atoms with van der Waals surface area (Å²) in [4.78, 5) is 10.3. The normalized spacial score (nSPS) is 10.1. The van der Waals surface area contributed by atoms with Gasteiger partial charge >= 0.3 is 0 Å². The van der Waals surface area contributed by atoms with Crippen molar-refractivity contribution in [3.63, 3.8) is 0 Å². The van der Waals surface area contributed by atoms with Gasteiger partial charge in [0, 0.05) is 26.3 Å². The molecule has 0 heterocycles. The zero-order valence-electron chi connectivity index (χ0n) is 9.31. The number of ether oxygens (including phenoxy) is 1. The van der Waals surface area contributed by atoms with Crippen molar-refractivity contribution in [2.24, 2.45) is 0 Å². The Morgan fingerprint density at radius 3 is 2.81 bits per heavy atom. The van der Waals surface area contributed by atoms with Gasteiger partial charge in [0.2, 0.25) is 0 Å². The van der Waals surface area contributed by atoms with Gasteiger partial charge < -0.3 is 10.1 Å². The third-order valence-electron chi connectivity index (χ3n) is 2.19. The summed E-state index contributed by atoms with van der Waals surface area (Å²) in [7, 11) is 1.66. The van der Waals surface area contributed by atoms with Crippen LogP contribution in [0.2, 0.25) is 0 Å². The molecule has 0 aromatic heterocycles. The molecule has 1 rings (SSSR count). The summed E-state index contributed by atoms with van der Waals surface area (Å²) in [5.41, 5.74) is 0.694. The van der Waals surface area contributed by atoms with Crippen molar-refractivity contribution in [1.29, 1.82) is 0 Å². The monoisotopic (exact) mass is 224 g/mol. The third-order valence-corrected chi connectivity index (χ3v) is 2.19. The second kappa shape index (κ2) is 6.79. The van der Waals surface area contributed by atoms with E-state index in [-0.39, 0.29) is 10.6 Å². The number of rotatable bonds is 7. The van der Waals surface area contributed by atoms with E-state index in [1.165, 1.54) is 6.07 Å². The first-order valence-electron chi connectivity index (χ1n) is 5.22. The number of para-hydroxylation sites is 2. The second-order valence-corrected chi connectivity index (χ2v) is 3.40. The predicted octanol–water partition coefficient (Wildman–Crippen LogP) is 2.43. The molecule has 1 aromatic carbocycles. The highest BCUT2D eigenvalue weighted by molar-refractivity contribution is 5.60. The number of hydrogen-bond donors (Lipinski definition) is 1. The van der Waals surface area contributed by atoms with E-state index in [0.717, 1.165) is 19.4 Å². The van der Waals surface area contributed by atoms with Crippen LogP contribution in [0, 0.1) is 10.1 Å². The van der Waals surface area contributed by atoms with Crippen molar-refractivity contribution in [3.8, 4) is 0 Å². The Bertz CT molecular complexity index is 342. The van der Waals surface area contributed by atoms with E-state index in [4.69, 9.17) is 4.74 Å². The second-order valence-electron chi connectivity index (χ2n) is 3.40. The highest BCUT2D eigenvalue weighted by atomic mass is 16.6. The van der Waals surface area contributed by atoms with Crippen LogP contribution in [0.15, 0.2) is 24.3 Å². The maximum absolute atomic E-state index is 10.7. The van der Waals surface area contributed by atoms with Crippen molar-refractivity contribution in [3.05, 3.63) is 34.4 Å². The van der Waals surface area contributed by atoms with Crippen LogP contribution in [0.3, 0.4) is 0 Å². The molecule has 0 aliphatic rings. The van der Waals surface area contributed by atoms with Crippen molar-refractivity contribution in [2.75, 3.05) is 25.6 Å². The summed E-state index contributed by atoms with van der Waals surface area (Å²) in [6, 6.07) is 6.66. The maximum atomic E-state index is 10.7. The van der Waals surface area contributed by atoms with E-state index >= 15 is 0 Å². The van der Waals surface area contributed by atoms with Gasteiger partial charge in [0.25, 0.3) is 5.69 Å². The number of benzene rings is 1. The van der Waals surface area contributed by atoms with Gasteiger partial charge in [-0.15, -0.1) is 0 Å². The number of hydrogen-bond acceptors (Lipinski definition) is 4. The molecule has 0 saturated carbocycles. The minimum atomic E-state index is -0.377. The van der Waals surface area contributed by atoms with Gasteiger partial charge in [-0.3, -0.25) is 10.1 Å². The SMILES string of the molecule is COCCCCNc1ccccc1[N+](=O)[O-]. The molecule has 0 aliphatic heterocycles. The number of nitro benzene ring substituents is 1. The molecule has 0 amide bonds. The van der Waals surface area contributed by atoms with Crippen LogP contribution in [0.4, 0.5) is 11.4 Å². The first kappa shape index (κ1) is 12.4. The molecule has 0 bridgehead atoms. The summed E-state index contributed by atoms with van der Waals surface area (Å²) in [6.07, 6.45) is 1.88. The minimum Gasteiger partial charge on any atom is -0.385 e. The number of methoxy groups -OCH3 is 1. The first-order valence-corrected chi connectivity index (χ1v) is 5.22. The zero-order valence-corrected chi connectivity index (χ0v) is 9.31. The van der Waals surface area contributed by atoms with Crippen LogP contribution in [0.25, 0.3) is 0 Å². The van der Waals surface area contributed by atoms with Gasteiger partial charge in [0.15, 0.2) is 0 Å². The minimum absolute atomic E-state index is 0.120. The quantitative estimate of drug-likeness (QED) is 0.439. The average Bonchev–Trinajstić information content (AvgIpc) is 2.29. The molecule has 1 N–H and O–H groups in total. The summed E-state index contributed by atoms with van der Waals surface area (Å²) < 4.78 is 4.92. The van der Waals surface area contributed by atoms with E-state index in [1.807, 2.05) is 0 Å². The van der Waals surface area contributed by atoms with Crippen LogP contribution in [0.1, 0.15) is 12.8 Å². The summed E-state index contributed by atoms with van der Waals surface area (Å²) in [6.45, 7) is 1.44. The van der Waals surface area contributed by atoms with Crippen LogP contribution in [-0.2, 0) is 4.74 Å². The fraction of sp³-hybridized carbons (Fsp3) is 0.455. The highest BCUT2D eigenvalue weighted by Gasteiger charge is 2.10. The lowest BCUT2D eigenvalue weighted by molar-refractivity contribution is -0.384.